The Bertz CT molecular complexity index is 1220. The highest BCUT2D eigenvalue weighted by Crippen LogP contribution is 2.40. The van der Waals surface area contributed by atoms with Gasteiger partial charge < -0.3 is 19.7 Å². The second kappa shape index (κ2) is 11.8. The molecule has 3 amide bonds. The molecule has 2 aromatic carbocycles. The van der Waals surface area contributed by atoms with Gasteiger partial charge in [-0.3, -0.25) is 14.4 Å². The van der Waals surface area contributed by atoms with Crippen molar-refractivity contribution in [3.05, 3.63) is 54.1 Å². The van der Waals surface area contributed by atoms with Crippen LogP contribution in [-0.2, 0) is 23.9 Å². The number of nitrogens with one attached hydrogen (secondary N) is 1. The van der Waals surface area contributed by atoms with Gasteiger partial charge in [-0.15, -0.1) is 0 Å². The molecule has 0 aliphatic carbocycles. The van der Waals surface area contributed by atoms with Crippen LogP contribution < -0.4 is 10.2 Å². The molecular formula is C25H24F5N3O5. The van der Waals surface area contributed by atoms with Crippen LogP contribution in [0.4, 0.5) is 27.6 Å². The number of carbonyl (C=O) groups is 3. The summed E-state index contributed by atoms with van der Waals surface area (Å²) in [5, 5.41) is 1.36. The van der Waals surface area contributed by atoms with E-state index in [1.807, 2.05) is 6.07 Å². The number of hydrogen-bond acceptors (Lipinski definition) is 5. The van der Waals surface area contributed by atoms with Crippen LogP contribution in [0.3, 0.4) is 0 Å². The van der Waals surface area contributed by atoms with Crippen molar-refractivity contribution in [3.63, 3.8) is 0 Å². The molecule has 1 N–H and O–H groups in total. The van der Waals surface area contributed by atoms with Gasteiger partial charge in [0.1, 0.15) is 0 Å². The number of carbonyl (C=O) groups excluding carboxylic acids is 3. The van der Waals surface area contributed by atoms with Gasteiger partial charge in [-0.25, -0.2) is 4.99 Å². The number of amides is 3. The maximum absolute atomic E-state index is 13.6. The Morgan fingerprint density at radius 3 is 2.32 bits per heavy atom. The van der Waals surface area contributed by atoms with Gasteiger partial charge in [0.2, 0.25) is 12.0 Å². The standard InChI is InChI=1S/C25H24F5N3O5/c1-37-12-11-33-19-10-6-5-9-17(19)15-7-3-4-8-16(15)18(23(33)36)13-31-21(34)20(38-2)22(35)32-14-24(26,27)25(28,29)30/h3-10,13,18,20H,11-12,14H2,1-2H3,(H,32,35). The maximum Gasteiger partial charge on any atom is 0.455 e. The smallest absolute Gasteiger partial charge is 0.383 e. The lowest BCUT2D eigenvalue weighted by atomic mass is 9.92. The molecule has 0 radical (unpaired) electrons. The summed E-state index contributed by atoms with van der Waals surface area (Å²) < 4.78 is 73.3. The molecule has 204 valence electrons. The van der Waals surface area contributed by atoms with Crippen LogP contribution in [0.1, 0.15) is 11.5 Å². The van der Waals surface area contributed by atoms with Gasteiger partial charge >= 0.3 is 12.1 Å². The molecule has 8 nitrogen and oxygen atoms in total. The van der Waals surface area contributed by atoms with E-state index in [9.17, 15) is 36.3 Å². The van der Waals surface area contributed by atoms with E-state index in [4.69, 9.17) is 9.47 Å². The van der Waals surface area contributed by atoms with E-state index in [2.05, 4.69) is 4.99 Å². The van der Waals surface area contributed by atoms with Gasteiger partial charge in [0.15, 0.2) is 0 Å². The highest BCUT2D eigenvalue weighted by Gasteiger charge is 2.57. The number of benzene rings is 2. The summed E-state index contributed by atoms with van der Waals surface area (Å²) >= 11 is 0. The summed E-state index contributed by atoms with van der Waals surface area (Å²) in [5.74, 6) is -9.62. The average Bonchev–Trinajstić information content (AvgIpc) is 2.97. The first-order valence-electron chi connectivity index (χ1n) is 11.2. The Morgan fingerprint density at radius 2 is 1.68 bits per heavy atom. The Balaban J connectivity index is 1.90. The zero-order chi connectivity index (χ0) is 28.1. The molecule has 3 rings (SSSR count). The van der Waals surface area contributed by atoms with E-state index < -0.39 is 48.4 Å². The van der Waals surface area contributed by atoms with Gasteiger partial charge in [0.25, 0.3) is 11.8 Å². The van der Waals surface area contributed by atoms with E-state index in [0.29, 0.717) is 16.8 Å². The summed E-state index contributed by atoms with van der Waals surface area (Å²) in [6.45, 7) is -1.71. The van der Waals surface area contributed by atoms with E-state index in [1.165, 1.54) is 17.3 Å². The summed E-state index contributed by atoms with van der Waals surface area (Å²) in [6, 6.07) is 14.1. The lowest BCUT2D eigenvalue weighted by Gasteiger charge is -2.24. The molecule has 1 heterocycles. The van der Waals surface area contributed by atoms with Crippen molar-refractivity contribution >= 4 is 29.6 Å². The molecule has 2 aromatic rings. The number of methoxy groups -OCH3 is 2. The molecule has 1 aliphatic rings. The number of ether oxygens (including phenoxy) is 2. The molecule has 38 heavy (non-hydrogen) atoms. The minimum absolute atomic E-state index is 0.176. The summed E-state index contributed by atoms with van der Waals surface area (Å²) in [7, 11) is 2.36. The SMILES string of the molecule is COCCN1C(=O)C(C=NC(=O)C(OC)C(=O)NCC(F)(F)C(F)(F)F)c2ccccc2-c2ccccc21. The van der Waals surface area contributed by atoms with Crippen molar-refractivity contribution in [1.29, 1.82) is 0 Å². The van der Waals surface area contributed by atoms with Crippen molar-refractivity contribution in [1.82, 2.24) is 5.32 Å². The summed E-state index contributed by atoms with van der Waals surface area (Å²) in [5.41, 5.74) is 2.54. The van der Waals surface area contributed by atoms with Gasteiger partial charge in [0.05, 0.1) is 24.8 Å². The van der Waals surface area contributed by atoms with Crippen LogP contribution in [0.15, 0.2) is 53.5 Å². The fourth-order valence-corrected chi connectivity index (χ4v) is 3.85. The van der Waals surface area contributed by atoms with Crippen LogP contribution in [0.25, 0.3) is 11.1 Å². The van der Waals surface area contributed by atoms with Crippen LogP contribution in [0.5, 0.6) is 0 Å². The first kappa shape index (κ1) is 28.9. The predicted molar refractivity (Wildman–Crippen MR) is 127 cm³/mol. The zero-order valence-electron chi connectivity index (χ0n) is 20.3. The van der Waals surface area contributed by atoms with Crippen LogP contribution in [0, 0.1) is 0 Å². The van der Waals surface area contributed by atoms with Crippen molar-refractivity contribution in [2.75, 3.05) is 38.8 Å². The summed E-state index contributed by atoms with van der Waals surface area (Å²) in [6.07, 6.45) is -7.02. The summed E-state index contributed by atoms with van der Waals surface area (Å²) in [4.78, 5) is 43.5. The highest BCUT2D eigenvalue weighted by atomic mass is 19.4. The third-order valence-electron chi connectivity index (χ3n) is 5.78. The number of hydrogen-bond donors (Lipinski definition) is 1. The molecule has 2 atom stereocenters. The molecule has 0 fully saturated rings. The lowest BCUT2D eigenvalue weighted by Crippen LogP contribution is -2.50. The molecule has 0 saturated heterocycles. The van der Waals surface area contributed by atoms with Crippen molar-refractivity contribution in [2.45, 2.75) is 24.1 Å². The molecule has 1 aliphatic heterocycles. The van der Waals surface area contributed by atoms with E-state index >= 15 is 0 Å². The monoisotopic (exact) mass is 541 g/mol. The number of aliphatic imine (C=N–C) groups is 1. The van der Waals surface area contributed by atoms with Gasteiger partial charge in [0, 0.05) is 32.5 Å². The minimum atomic E-state index is -5.90. The van der Waals surface area contributed by atoms with Crippen molar-refractivity contribution in [3.8, 4) is 11.1 Å². The number of rotatable bonds is 9. The largest absolute Gasteiger partial charge is 0.455 e. The van der Waals surface area contributed by atoms with Crippen LogP contribution in [0.2, 0.25) is 0 Å². The molecule has 0 aromatic heterocycles. The third kappa shape index (κ3) is 6.05. The van der Waals surface area contributed by atoms with E-state index in [0.717, 1.165) is 18.9 Å². The zero-order valence-corrected chi connectivity index (χ0v) is 20.3. The second-order valence-electron chi connectivity index (χ2n) is 8.22. The first-order valence-corrected chi connectivity index (χ1v) is 11.2. The number of anilines is 1. The Morgan fingerprint density at radius 1 is 1.05 bits per heavy atom. The molecule has 0 bridgehead atoms. The van der Waals surface area contributed by atoms with Gasteiger partial charge in [-0.05, 0) is 17.2 Å². The Kier molecular flexibility index (Phi) is 8.94. The predicted octanol–water partition coefficient (Wildman–Crippen LogP) is 3.36. The fourth-order valence-electron chi connectivity index (χ4n) is 3.85. The average molecular weight is 541 g/mol. The fraction of sp³-hybridized carbons (Fsp3) is 0.360. The van der Waals surface area contributed by atoms with Crippen molar-refractivity contribution in [2.24, 2.45) is 4.99 Å². The highest BCUT2D eigenvalue weighted by molar-refractivity contribution is 6.15. The normalized spacial score (nSPS) is 16.6. The Hall–Kier alpha value is -3.71. The van der Waals surface area contributed by atoms with E-state index in [-0.39, 0.29) is 13.2 Å². The van der Waals surface area contributed by atoms with Crippen LogP contribution >= 0.6 is 0 Å². The lowest BCUT2D eigenvalue weighted by molar-refractivity contribution is -0.278. The molecular weight excluding hydrogens is 517 g/mol. The Labute approximate surface area is 214 Å². The minimum Gasteiger partial charge on any atom is -0.383 e. The molecule has 13 heteroatoms. The molecule has 2 unspecified atom stereocenters. The number of para-hydroxylation sites is 1. The topological polar surface area (TPSA) is 97.3 Å². The van der Waals surface area contributed by atoms with Crippen molar-refractivity contribution < 1.29 is 45.8 Å². The quantitative estimate of drug-likeness (QED) is 0.299. The number of alkyl halides is 5. The molecule has 0 saturated carbocycles. The molecule has 0 spiro atoms. The number of fused-ring (bicyclic) bond motifs is 3. The first-order chi connectivity index (χ1) is 17.9. The second-order valence-corrected chi connectivity index (χ2v) is 8.22. The van der Waals surface area contributed by atoms with Crippen LogP contribution in [-0.4, -0.2) is 76.1 Å². The number of halogens is 5. The maximum atomic E-state index is 13.6. The van der Waals surface area contributed by atoms with Gasteiger partial charge in [-0.2, -0.15) is 22.0 Å². The van der Waals surface area contributed by atoms with E-state index in [1.54, 1.807) is 42.5 Å². The third-order valence-corrected chi connectivity index (χ3v) is 5.78. The number of nitrogens with zero attached hydrogens (tertiary/aromatic N) is 2. The van der Waals surface area contributed by atoms with Gasteiger partial charge in [-0.1, -0.05) is 42.5 Å².